The fourth-order valence-corrected chi connectivity index (χ4v) is 1.75. The fraction of sp³-hybridized carbons (Fsp3) is 0.778. The molecule has 0 saturated heterocycles. The molecule has 16 heteroatoms. The largest absolute Gasteiger partial charge is 0.418 e. The smallest absolute Gasteiger partial charge is 0.390 e. The summed E-state index contributed by atoms with van der Waals surface area (Å²) in [5.74, 6) is -43.7. The van der Waals surface area contributed by atoms with Gasteiger partial charge in [-0.25, -0.2) is 4.39 Å². The Balaban J connectivity index is 3.83. The molecule has 1 fully saturated rings. The number of ether oxygens (including phenoxy) is 2. The first kappa shape index (κ1) is 21.6. The molecule has 0 aliphatic heterocycles. The van der Waals surface area contributed by atoms with Gasteiger partial charge >= 0.3 is 47.5 Å². The van der Waals surface area contributed by atoms with Crippen LogP contribution in [0.1, 0.15) is 0 Å². The van der Waals surface area contributed by atoms with Gasteiger partial charge in [0.15, 0.2) is 6.86 Å². The first-order chi connectivity index (χ1) is 10.9. The highest BCUT2D eigenvalue weighted by Gasteiger charge is 3.03. The lowest BCUT2D eigenvalue weighted by Crippen LogP contribution is -2.85. The van der Waals surface area contributed by atoms with Crippen LogP contribution in [-0.2, 0) is 9.47 Å². The third-order valence-electron chi connectivity index (χ3n) is 3.04. The van der Waals surface area contributed by atoms with Gasteiger partial charge in [0.2, 0.25) is 0 Å². The normalized spacial score (nSPS) is 35.1. The molecule has 148 valence electrons. The van der Waals surface area contributed by atoms with Crippen molar-refractivity contribution >= 4 is 0 Å². The predicted octanol–water partition coefficient (Wildman–Crippen LogP) is 4.87. The summed E-state index contributed by atoms with van der Waals surface area (Å²) in [5, 5.41) is 0. The average molecular weight is 408 g/mol. The van der Waals surface area contributed by atoms with Crippen molar-refractivity contribution in [1.29, 1.82) is 0 Å². The van der Waals surface area contributed by atoms with Crippen LogP contribution in [0.2, 0.25) is 0 Å². The van der Waals surface area contributed by atoms with E-state index in [0.29, 0.717) is 0 Å². The van der Waals surface area contributed by atoms with E-state index in [-0.39, 0.29) is 0 Å². The molecule has 0 bridgehead atoms. The Morgan fingerprint density at radius 2 is 0.920 bits per heavy atom. The lowest BCUT2D eigenvalue weighted by atomic mass is 9.77. The average Bonchev–Trinajstić information content (AvgIpc) is 2.44. The topological polar surface area (TPSA) is 18.5 Å². The first-order valence-corrected chi connectivity index (χ1v) is 5.38. The summed E-state index contributed by atoms with van der Waals surface area (Å²) in [6.07, 6.45) is -3.98. The van der Waals surface area contributed by atoms with Crippen LogP contribution in [0.4, 0.5) is 61.5 Å². The van der Waals surface area contributed by atoms with Gasteiger partial charge in [0, 0.05) is 0 Å². The molecule has 0 amide bonds. The van der Waals surface area contributed by atoms with Gasteiger partial charge in [-0.05, 0) is 0 Å². The van der Waals surface area contributed by atoms with Crippen molar-refractivity contribution in [3.05, 3.63) is 12.1 Å². The zero-order valence-corrected chi connectivity index (χ0v) is 10.8. The van der Waals surface area contributed by atoms with Crippen LogP contribution in [0.25, 0.3) is 0 Å². The van der Waals surface area contributed by atoms with Crippen LogP contribution < -0.4 is 0 Å². The molecule has 0 unspecified atom stereocenters. The monoisotopic (exact) mass is 408 g/mol. The summed E-state index contributed by atoms with van der Waals surface area (Å²) in [4.78, 5) is 0. The minimum absolute atomic E-state index is 2.03. The third-order valence-corrected chi connectivity index (χ3v) is 3.04. The van der Waals surface area contributed by atoms with E-state index in [4.69, 9.17) is 0 Å². The summed E-state index contributed by atoms with van der Waals surface area (Å²) in [7, 11) is 0. The van der Waals surface area contributed by atoms with Gasteiger partial charge in [-0.3, -0.25) is 0 Å². The van der Waals surface area contributed by atoms with Crippen LogP contribution in [0.3, 0.4) is 0 Å². The first-order valence-electron chi connectivity index (χ1n) is 5.38. The van der Waals surface area contributed by atoms with Crippen LogP contribution in [0.5, 0.6) is 0 Å². The molecule has 1 aliphatic rings. The van der Waals surface area contributed by atoms with E-state index in [1.54, 1.807) is 0 Å². The van der Waals surface area contributed by atoms with Gasteiger partial charge in [0.25, 0.3) is 0 Å². The zero-order valence-electron chi connectivity index (χ0n) is 10.8. The number of alkyl halides is 11. The summed E-state index contributed by atoms with van der Waals surface area (Å²) in [6, 6.07) is -3.99. The summed E-state index contributed by atoms with van der Waals surface area (Å²) in [6.45, 7) is -3.10. The van der Waals surface area contributed by atoms with Crippen LogP contribution >= 0.6 is 0 Å². The van der Waals surface area contributed by atoms with E-state index in [1.807, 2.05) is 4.74 Å². The second kappa shape index (κ2) is 5.51. The predicted molar refractivity (Wildman–Crippen MR) is 46.0 cm³/mol. The molecule has 1 saturated carbocycles. The van der Waals surface area contributed by atoms with Crippen molar-refractivity contribution in [3.63, 3.8) is 0 Å². The minimum Gasteiger partial charge on any atom is -0.418 e. The Hall–Kier alpha value is -1.48. The number of hydrogen-bond acceptors (Lipinski definition) is 2. The molecule has 0 atom stereocenters. The molecular formula is C9H2F14O2. The number of hydrogen-bond donors (Lipinski definition) is 0. The van der Waals surface area contributed by atoms with Crippen molar-refractivity contribution in [2.75, 3.05) is 6.86 Å². The van der Waals surface area contributed by atoms with Gasteiger partial charge < -0.3 is 9.47 Å². The van der Waals surface area contributed by atoms with Crippen molar-refractivity contribution in [3.8, 4) is 0 Å². The molecule has 0 aromatic heterocycles. The van der Waals surface area contributed by atoms with Crippen molar-refractivity contribution in [2.45, 2.75) is 35.4 Å². The summed E-state index contributed by atoms with van der Waals surface area (Å²) >= 11 is 0. The van der Waals surface area contributed by atoms with Gasteiger partial charge in [0.05, 0.1) is 0 Å². The molecule has 1 aliphatic carbocycles. The fourth-order valence-electron chi connectivity index (χ4n) is 1.75. The lowest BCUT2D eigenvalue weighted by molar-refractivity contribution is -0.540. The van der Waals surface area contributed by atoms with Crippen molar-refractivity contribution in [2.24, 2.45) is 0 Å². The van der Waals surface area contributed by atoms with Crippen molar-refractivity contribution in [1.82, 2.24) is 0 Å². The highest BCUT2D eigenvalue weighted by atomic mass is 19.4. The quantitative estimate of drug-likeness (QED) is 0.489. The van der Waals surface area contributed by atoms with Crippen LogP contribution in [0.15, 0.2) is 12.1 Å². The van der Waals surface area contributed by atoms with Crippen LogP contribution in [0, 0.1) is 0 Å². The minimum atomic E-state index is -7.46. The second-order valence-corrected chi connectivity index (χ2v) is 4.38. The molecule has 0 aromatic carbocycles. The highest BCUT2D eigenvalue weighted by Crippen LogP contribution is 2.69. The van der Waals surface area contributed by atoms with Crippen molar-refractivity contribution < 1.29 is 70.9 Å². The molecule has 2 nitrogen and oxygen atoms in total. The van der Waals surface area contributed by atoms with E-state index in [0.717, 1.165) is 0 Å². The van der Waals surface area contributed by atoms with Gasteiger partial charge in [-0.2, -0.15) is 57.1 Å². The molecule has 0 heterocycles. The van der Waals surface area contributed by atoms with E-state index in [1.165, 1.54) is 0 Å². The highest BCUT2D eigenvalue weighted by molar-refractivity contribution is 5.24. The Morgan fingerprint density at radius 3 is 1.20 bits per heavy atom. The number of rotatable bonds is 4. The summed E-state index contributed by atoms with van der Waals surface area (Å²) < 4.78 is 186. The molecule has 1 rings (SSSR count). The maximum Gasteiger partial charge on any atom is 0.390 e. The molecule has 0 radical (unpaired) electrons. The number of halogens is 14. The van der Waals surface area contributed by atoms with E-state index in [9.17, 15) is 61.5 Å². The standard InChI is InChI=1S/C9H2F14O2/c10-1-24-8(22)4(14,15)6(18,19)9(23,25-3(13)2(11)12)7(20,21)5(8,16)17/h1H2. The van der Waals surface area contributed by atoms with E-state index in [2.05, 4.69) is 4.74 Å². The zero-order chi connectivity index (χ0) is 20.3. The SMILES string of the molecule is FCOC1(F)C(F)(F)C(F)(F)C(F)(OC(F)=C(F)F)C(F)(F)C1(F)F. The summed E-state index contributed by atoms with van der Waals surface area (Å²) in [5.41, 5.74) is 0. The van der Waals surface area contributed by atoms with E-state index >= 15 is 0 Å². The third kappa shape index (κ3) is 2.21. The van der Waals surface area contributed by atoms with Gasteiger partial charge in [0.1, 0.15) is 0 Å². The van der Waals surface area contributed by atoms with Gasteiger partial charge in [-0.15, -0.1) is 0 Å². The molecule has 0 N–H and O–H groups in total. The molecular weight excluding hydrogens is 406 g/mol. The van der Waals surface area contributed by atoms with E-state index < -0.39 is 54.4 Å². The Labute approximate surface area is 127 Å². The molecule has 0 aromatic rings. The Morgan fingerprint density at radius 1 is 0.600 bits per heavy atom. The van der Waals surface area contributed by atoms with Crippen LogP contribution in [-0.4, -0.2) is 42.3 Å². The lowest BCUT2D eigenvalue weighted by Gasteiger charge is -2.53. The Kier molecular flexibility index (Phi) is 4.75. The molecule has 25 heavy (non-hydrogen) atoms. The Bertz CT molecular complexity index is 537. The maximum atomic E-state index is 13.7. The van der Waals surface area contributed by atoms with Gasteiger partial charge in [-0.1, -0.05) is 0 Å². The maximum absolute atomic E-state index is 13.7. The molecule has 0 spiro atoms. The second-order valence-electron chi connectivity index (χ2n) is 4.38.